The van der Waals surface area contributed by atoms with Crippen molar-refractivity contribution in [2.24, 2.45) is 0 Å². The zero-order valence-electron chi connectivity index (χ0n) is 19.3. The Morgan fingerprint density at radius 3 is 2.53 bits per heavy atom. The number of amides is 2. The molecular weight excluding hydrogens is 492 g/mol. The summed E-state index contributed by atoms with van der Waals surface area (Å²) in [7, 11) is 0. The van der Waals surface area contributed by atoms with Crippen molar-refractivity contribution in [2.45, 2.75) is 25.7 Å². The van der Waals surface area contributed by atoms with E-state index in [1.165, 1.54) is 0 Å². The van der Waals surface area contributed by atoms with Crippen molar-refractivity contribution < 1.29 is 9.59 Å². The van der Waals surface area contributed by atoms with E-state index < -0.39 is 0 Å². The Labute approximate surface area is 209 Å². The lowest BCUT2D eigenvalue weighted by Crippen LogP contribution is -2.35. The van der Waals surface area contributed by atoms with Crippen molar-refractivity contribution in [3.05, 3.63) is 88.5 Å². The number of anilines is 2. The molecule has 1 aliphatic heterocycles. The molecule has 1 fully saturated rings. The molecule has 176 valence electrons. The maximum absolute atomic E-state index is 12.9. The second-order valence-corrected chi connectivity index (χ2v) is 9.32. The van der Waals surface area contributed by atoms with Crippen LogP contribution in [-0.4, -0.2) is 47.9 Å². The van der Waals surface area contributed by atoms with Crippen LogP contribution in [0.5, 0.6) is 0 Å². The highest BCUT2D eigenvalue weighted by atomic mass is 79.9. The fourth-order valence-corrected chi connectivity index (χ4v) is 4.69. The number of aromatic nitrogens is 1. The van der Waals surface area contributed by atoms with E-state index in [2.05, 4.69) is 31.1 Å². The first-order valence-electron chi connectivity index (χ1n) is 11.7. The maximum Gasteiger partial charge on any atom is 0.253 e. The molecule has 1 unspecified atom stereocenters. The van der Waals surface area contributed by atoms with Crippen molar-refractivity contribution in [3.63, 3.8) is 0 Å². The van der Waals surface area contributed by atoms with E-state index in [0.29, 0.717) is 30.9 Å². The minimum atomic E-state index is -0.194. The van der Waals surface area contributed by atoms with Crippen LogP contribution in [0, 0.1) is 0 Å². The van der Waals surface area contributed by atoms with E-state index >= 15 is 0 Å². The van der Waals surface area contributed by atoms with E-state index in [0.717, 1.165) is 35.2 Å². The Kier molecular flexibility index (Phi) is 7.95. The number of rotatable bonds is 6. The summed E-state index contributed by atoms with van der Waals surface area (Å²) in [5.74, 6) is 0.683. The lowest BCUT2D eigenvalue weighted by Gasteiger charge is -2.23. The molecule has 0 spiro atoms. The van der Waals surface area contributed by atoms with Gasteiger partial charge in [-0.3, -0.25) is 9.59 Å². The number of nitrogens with one attached hydrogen (secondary N) is 1. The highest BCUT2D eigenvalue weighted by Crippen LogP contribution is 2.23. The molecule has 7 heteroatoms. The predicted molar refractivity (Wildman–Crippen MR) is 139 cm³/mol. The van der Waals surface area contributed by atoms with Crippen molar-refractivity contribution in [2.75, 3.05) is 36.4 Å². The van der Waals surface area contributed by atoms with Crippen LogP contribution in [-0.2, 0) is 4.79 Å². The highest BCUT2D eigenvalue weighted by molar-refractivity contribution is 9.10. The molecule has 1 atom stereocenters. The number of nitrogens with zero attached hydrogens (tertiary/aromatic N) is 3. The molecule has 2 heterocycles. The number of carbonyl (C=O) groups is 2. The van der Waals surface area contributed by atoms with Crippen LogP contribution in [0.15, 0.2) is 77.4 Å². The van der Waals surface area contributed by atoms with E-state index in [4.69, 9.17) is 0 Å². The third-order valence-electron chi connectivity index (χ3n) is 6.12. The van der Waals surface area contributed by atoms with Crippen LogP contribution in [0.3, 0.4) is 0 Å². The quantitative estimate of drug-likeness (QED) is 0.477. The van der Waals surface area contributed by atoms with Gasteiger partial charge in [0.1, 0.15) is 5.82 Å². The third-order valence-corrected chi connectivity index (χ3v) is 6.61. The molecule has 1 saturated heterocycles. The lowest BCUT2D eigenvalue weighted by molar-refractivity contribution is -0.117. The Balaban J connectivity index is 1.36. The molecule has 0 radical (unpaired) electrons. The largest absolute Gasteiger partial charge is 0.355 e. The molecule has 0 aliphatic carbocycles. The van der Waals surface area contributed by atoms with Gasteiger partial charge in [-0.1, -0.05) is 59.3 Å². The molecule has 0 saturated carbocycles. The minimum Gasteiger partial charge on any atom is -0.355 e. The van der Waals surface area contributed by atoms with Gasteiger partial charge in [0.15, 0.2) is 0 Å². The summed E-state index contributed by atoms with van der Waals surface area (Å²) in [4.78, 5) is 34.4. The van der Waals surface area contributed by atoms with Crippen LogP contribution < -0.4 is 10.2 Å². The number of hydrogen-bond acceptors (Lipinski definition) is 4. The van der Waals surface area contributed by atoms with E-state index in [1.54, 1.807) is 6.20 Å². The van der Waals surface area contributed by atoms with E-state index in [9.17, 15) is 9.59 Å². The van der Waals surface area contributed by atoms with E-state index in [1.807, 2.05) is 78.6 Å². The fourth-order valence-electron chi connectivity index (χ4n) is 4.29. The number of halogens is 1. The lowest BCUT2D eigenvalue weighted by atomic mass is 9.95. The number of pyridine rings is 1. The summed E-state index contributed by atoms with van der Waals surface area (Å²) in [6.45, 7) is 4.91. The van der Waals surface area contributed by atoms with Gasteiger partial charge in [0.25, 0.3) is 5.91 Å². The van der Waals surface area contributed by atoms with Gasteiger partial charge in [-0.2, -0.15) is 0 Å². The molecular formula is C27H29BrN4O2. The molecule has 3 aromatic rings. The molecule has 1 N–H and O–H groups in total. The van der Waals surface area contributed by atoms with Crippen LogP contribution in [0.25, 0.3) is 0 Å². The van der Waals surface area contributed by atoms with Crippen molar-refractivity contribution in [1.82, 2.24) is 9.88 Å². The van der Waals surface area contributed by atoms with Gasteiger partial charge in [-0.25, -0.2) is 4.98 Å². The van der Waals surface area contributed by atoms with Gasteiger partial charge in [-0.05, 0) is 48.7 Å². The molecule has 4 rings (SSSR count). The topological polar surface area (TPSA) is 65.5 Å². The summed E-state index contributed by atoms with van der Waals surface area (Å²) in [6, 6.07) is 21.2. The number of hydrogen-bond donors (Lipinski definition) is 1. The molecule has 6 nitrogen and oxygen atoms in total. The summed E-state index contributed by atoms with van der Waals surface area (Å²) in [5.41, 5.74) is 2.39. The first-order valence-corrected chi connectivity index (χ1v) is 12.5. The van der Waals surface area contributed by atoms with Gasteiger partial charge in [0.2, 0.25) is 5.91 Å². The van der Waals surface area contributed by atoms with Gasteiger partial charge < -0.3 is 15.1 Å². The first kappa shape index (κ1) is 24.0. The van der Waals surface area contributed by atoms with Crippen molar-refractivity contribution in [3.8, 4) is 0 Å². The van der Waals surface area contributed by atoms with Crippen LogP contribution in [0.4, 0.5) is 11.5 Å². The number of benzene rings is 2. The zero-order chi connectivity index (χ0) is 23.9. The smallest absolute Gasteiger partial charge is 0.253 e. The minimum absolute atomic E-state index is 0.0280. The van der Waals surface area contributed by atoms with Gasteiger partial charge in [0, 0.05) is 36.2 Å². The fraction of sp³-hybridized carbons (Fsp3) is 0.296. The van der Waals surface area contributed by atoms with E-state index in [-0.39, 0.29) is 17.7 Å². The molecule has 1 aromatic heterocycles. The number of carbonyl (C=O) groups excluding carboxylic acids is 2. The van der Waals surface area contributed by atoms with Gasteiger partial charge in [0.05, 0.1) is 17.8 Å². The Hall–Kier alpha value is -3.19. The van der Waals surface area contributed by atoms with Crippen LogP contribution >= 0.6 is 15.9 Å². The molecule has 2 aromatic carbocycles. The zero-order valence-corrected chi connectivity index (χ0v) is 20.9. The summed E-state index contributed by atoms with van der Waals surface area (Å²) in [5, 5.41) is 3.00. The predicted octanol–water partition coefficient (Wildman–Crippen LogP) is 5.33. The molecule has 34 heavy (non-hydrogen) atoms. The Bertz CT molecular complexity index is 1120. The summed E-state index contributed by atoms with van der Waals surface area (Å²) in [6.07, 6.45) is 3.31. The standard InChI is InChI=1S/C27H29BrN4O2/c1-2-24(20-8-4-3-5-9-20)26(33)30-23-12-13-25(29-19-23)31-14-7-15-32(17-16-31)27(34)21-10-6-11-22(28)18-21/h3-6,8-13,18-19,24H,2,7,14-17H2,1H3,(H,30,33). The van der Waals surface area contributed by atoms with Crippen LogP contribution in [0.2, 0.25) is 0 Å². The normalized spacial score (nSPS) is 14.9. The van der Waals surface area contributed by atoms with Crippen molar-refractivity contribution >= 4 is 39.2 Å². The molecule has 2 amide bonds. The summed E-state index contributed by atoms with van der Waals surface area (Å²) >= 11 is 3.44. The second-order valence-electron chi connectivity index (χ2n) is 8.41. The Morgan fingerprint density at radius 1 is 1.00 bits per heavy atom. The monoisotopic (exact) mass is 520 g/mol. The highest BCUT2D eigenvalue weighted by Gasteiger charge is 2.22. The molecule has 0 bridgehead atoms. The SMILES string of the molecule is CCC(C(=O)Nc1ccc(N2CCCN(C(=O)c3cccc(Br)c3)CC2)nc1)c1ccccc1. The van der Waals surface area contributed by atoms with Crippen molar-refractivity contribution in [1.29, 1.82) is 0 Å². The average Bonchev–Trinajstić information content (AvgIpc) is 3.12. The van der Waals surface area contributed by atoms with Crippen LogP contribution in [0.1, 0.15) is 41.6 Å². The molecule has 1 aliphatic rings. The third kappa shape index (κ3) is 5.83. The first-order chi connectivity index (χ1) is 16.5. The second kappa shape index (κ2) is 11.3. The van der Waals surface area contributed by atoms with Gasteiger partial charge >= 0.3 is 0 Å². The maximum atomic E-state index is 12.9. The average molecular weight is 521 g/mol. The summed E-state index contributed by atoms with van der Waals surface area (Å²) < 4.78 is 0.903. The Morgan fingerprint density at radius 2 is 1.82 bits per heavy atom. The van der Waals surface area contributed by atoms with Gasteiger partial charge in [-0.15, -0.1) is 0 Å².